The fourth-order valence-corrected chi connectivity index (χ4v) is 3.03. The van der Waals surface area contributed by atoms with Crippen molar-refractivity contribution in [3.63, 3.8) is 0 Å². The second-order valence-corrected chi connectivity index (χ2v) is 5.74. The number of rotatable bonds is 1. The third-order valence-electron chi connectivity index (χ3n) is 3.78. The van der Waals surface area contributed by atoms with Gasteiger partial charge in [0.05, 0.1) is 22.3 Å². The van der Waals surface area contributed by atoms with Crippen LogP contribution in [-0.4, -0.2) is 5.91 Å². The molecule has 2 aromatic rings. The topological polar surface area (TPSA) is 20.3 Å². The Morgan fingerprint density at radius 1 is 1.05 bits per heavy atom. The molecule has 1 aliphatic heterocycles. The average Bonchev–Trinajstić information content (AvgIpc) is 2.70. The van der Waals surface area contributed by atoms with Gasteiger partial charge in [-0.15, -0.1) is 0 Å². The first-order valence-electron chi connectivity index (χ1n) is 6.40. The summed E-state index contributed by atoms with van der Waals surface area (Å²) in [5.74, 6) is -0.118. The minimum absolute atomic E-state index is 0.0369. The molecule has 0 saturated carbocycles. The Morgan fingerprint density at radius 3 is 2.50 bits per heavy atom. The van der Waals surface area contributed by atoms with Gasteiger partial charge < -0.3 is 0 Å². The van der Waals surface area contributed by atoms with Crippen LogP contribution in [0.2, 0.25) is 10.0 Å². The van der Waals surface area contributed by atoms with Crippen molar-refractivity contribution in [2.45, 2.75) is 19.8 Å². The SMILES string of the molecule is Cc1c(Cl)ccc(N2C(=O)C(C)c3ccccc32)c1Cl. The fourth-order valence-electron chi connectivity index (χ4n) is 2.57. The van der Waals surface area contributed by atoms with Crippen molar-refractivity contribution in [2.75, 3.05) is 4.90 Å². The lowest BCUT2D eigenvalue weighted by atomic mass is 10.0. The lowest BCUT2D eigenvalue weighted by Gasteiger charge is -2.20. The van der Waals surface area contributed by atoms with E-state index in [1.807, 2.05) is 38.1 Å². The van der Waals surface area contributed by atoms with Crippen LogP contribution in [0.15, 0.2) is 36.4 Å². The first-order valence-corrected chi connectivity index (χ1v) is 7.15. The lowest BCUT2D eigenvalue weighted by molar-refractivity contribution is -0.118. The van der Waals surface area contributed by atoms with E-state index in [0.29, 0.717) is 15.7 Å². The van der Waals surface area contributed by atoms with Crippen molar-refractivity contribution in [1.29, 1.82) is 0 Å². The van der Waals surface area contributed by atoms with Gasteiger partial charge in [0.15, 0.2) is 0 Å². The van der Waals surface area contributed by atoms with Gasteiger partial charge in [-0.2, -0.15) is 0 Å². The number of amides is 1. The number of para-hydroxylation sites is 1. The molecule has 0 aliphatic carbocycles. The number of fused-ring (bicyclic) bond motifs is 1. The number of carbonyl (C=O) groups is 1. The molecule has 0 bridgehead atoms. The Morgan fingerprint density at radius 2 is 1.75 bits per heavy atom. The highest BCUT2D eigenvalue weighted by atomic mass is 35.5. The van der Waals surface area contributed by atoms with Crippen LogP contribution in [0.4, 0.5) is 11.4 Å². The zero-order valence-electron chi connectivity index (χ0n) is 11.2. The second kappa shape index (κ2) is 4.80. The third kappa shape index (κ3) is 1.83. The molecule has 0 saturated heterocycles. The molecule has 20 heavy (non-hydrogen) atoms. The van der Waals surface area contributed by atoms with E-state index in [1.54, 1.807) is 17.0 Å². The monoisotopic (exact) mass is 305 g/mol. The Hall–Kier alpha value is -1.51. The minimum Gasteiger partial charge on any atom is -0.279 e. The Bertz CT molecular complexity index is 712. The van der Waals surface area contributed by atoms with Crippen molar-refractivity contribution in [2.24, 2.45) is 0 Å². The van der Waals surface area contributed by atoms with E-state index < -0.39 is 0 Å². The molecule has 4 heteroatoms. The Balaban J connectivity index is 2.21. The van der Waals surface area contributed by atoms with Gasteiger partial charge in [0, 0.05) is 5.02 Å². The van der Waals surface area contributed by atoms with Gasteiger partial charge in [-0.3, -0.25) is 9.69 Å². The molecule has 0 radical (unpaired) electrons. The van der Waals surface area contributed by atoms with Gasteiger partial charge in [0.25, 0.3) is 0 Å². The maximum atomic E-state index is 12.5. The number of benzene rings is 2. The molecule has 1 atom stereocenters. The Kier molecular flexibility index (Phi) is 3.23. The van der Waals surface area contributed by atoms with E-state index in [4.69, 9.17) is 23.2 Å². The highest BCUT2D eigenvalue weighted by molar-refractivity contribution is 6.38. The maximum Gasteiger partial charge on any atom is 0.238 e. The van der Waals surface area contributed by atoms with E-state index in [9.17, 15) is 4.79 Å². The van der Waals surface area contributed by atoms with Gasteiger partial charge in [-0.1, -0.05) is 41.4 Å². The summed E-state index contributed by atoms with van der Waals surface area (Å²) in [4.78, 5) is 14.2. The first-order chi connectivity index (χ1) is 9.52. The lowest BCUT2D eigenvalue weighted by Crippen LogP contribution is -2.23. The molecule has 1 heterocycles. The molecule has 102 valence electrons. The Labute approximate surface area is 127 Å². The van der Waals surface area contributed by atoms with Crippen LogP contribution in [0.1, 0.15) is 24.0 Å². The number of hydrogen-bond donors (Lipinski definition) is 0. The molecular weight excluding hydrogens is 293 g/mol. The number of hydrogen-bond acceptors (Lipinski definition) is 1. The van der Waals surface area contributed by atoms with Crippen LogP contribution < -0.4 is 4.90 Å². The molecule has 0 aromatic heterocycles. The summed E-state index contributed by atoms with van der Waals surface area (Å²) in [6, 6.07) is 11.4. The van der Waals surface area contributed by atoms with E-state index in [0.717, 1.165) is 16.8 Å². The zero-order chi connectivity index (χ0) is 14.4. The molecule has 1 aliphatic rings. The zero-order valence-corrected chi connectivity index (χ0v) is 12.7. The van der Waals surface area contributed by atoms with Gasteiger partial charge >= 0.3 is 0 Å². The summed E-state index contributed by atoms with van der Waals surface area (Å²) in [5.41, 5.74) is 3.40. The largest absolute Gasteiger partial charge is 0.279 e. The van der Waals surface area contributed by atoms with Crippen molar-refractivity contribution < 1.29 is 4.79 Å². The smallest absolute Gasteiger partial charge is 0.238 e. The fraction of sp³-hybridized carbons (Fsp3) is 0.188. The van der Waals surface area contributed by atoms with Crippen molar-refractivity contribution in [3.05, 3.63) is 57.6 Å². The summed E-state index contributed by atoms with van der Waals surface area (Å²) in [5, 5.41) is 1.13. The third-order valence-corrected chi connectivity index (χ3v) is 4.66. The number of nitrogens with zero attached hydrogens (tertiary/aromatic N) is 1. The van der Waals surface area contributed by atoms with E-state index in [1.165, 1.54) is 0 Å². The predicted octanol–water partition coefficient (Wildman–Crippen LogP) is 5.08. The predicted molar refractivity (Wildman–Crippen MR) is 83.2 cm³/mol. The summed E-state index contributed by atoms with van der Waals surface area (Å²) < 4.78 is 0. The van der Waals surface area contributed by atoms with E-state index in [2.05, 4.69) is 0 Å². The molecule has 1 unspecified atom stereocenters. The molecule has 2 aromatic carbocycles. The van der Waals surface area contributed by atoms with Crippen molar-refractivity contribution in [3.8, 4) is 0 Å². The van der Waals surface area contributed by atoms with E-state index >= 15 is 0 Å². The quantitative estimate of drug-likeness (QED) is 0.719. The normalized spacial score (nSPS) is 17.5. The van der Waals surface area contributed by atoms with Crippen LogP contribution in [0, 0.1) is 6.92 Å². The van der Waals surface area contributed by atoms with Crippen LogP contribution >= 0.6 is 23.2 Å². The minimum atomic E-state index is -0.154. The molecule has 0 fully saturated rings. The van der Waals surface area contributed by atoms with Crippen molar-refractivity contribution >= 4 is 40.5 Å². The molecule has 0 N–H and O–H groups in total. The molecular formula is C16H13Cl2NO. The highest BCUT2D eigenvalue weighted by Crippen LogP contribution is 2.45. The summed E-state index contributed by atoms with van der Waals surface area (Å²) in [6.45, 7) is 3.77. The van der Waals surface area contributed by atoms with Crippen LogP contribution in [0.3, 0.4) is 0 Å². The summed E-state index contributed by atoms with van der Waals surface area (Å²) in [6.07, 6.45) is 0. The van der Waals surface area contributed by atoms with Gasteiger partial charge in [0.1, 0.15) is 0 Å². The average molecular weight is 306 g/mol. The van der Waals surface area contributed by atoms with Gasteiger partial charge in [-0.25, -0.2) is 0 Å². The van der Waals surface area contributed by atoms with Crippen LogP contribution in [0.5, 0.6) is 0 Å². The first kappa shape index (κ1) is 13.5. The van der Waals surface area contributed by atoms with E-state index in [-0.39, 0.29) is 11.8 Å². The van der Waals surface area contributed by atoms with Crippen molar-refractivity contribution in [1.82, 2.24) is 0 Å². The summed E-state index contributed by atoms with van der Waals surface area (Å²) in [7, 11) is 0. The number of halogens is 2. The number of carbonyl (C=O) groups excluding carboxylic acids is 1. The molecule has 0 spiro atoms. The van der Waals surface area contributed by atoms with Crippen LogP contribution in [-0.2, 0) is 4.79 Å². The van der Waals surface area contributed by atoms with Crippen LogP contribution in [0.25, 0.3) is 0 Å². The van der Waals surface area contributed by atoms with Gasteiger partial charge in [0.2, 0.25) is 5.91 Å². The molecule has 2 nitrogen and oxygen atoms in total. The maximum absolute atomic E-state index is 12.5. The molecule has 1 amide bonds. The summed E-state index contributed by atoms with van der Waals surface area (Å²) >= 11 is 12.4. The standard InChI is InChI=1S/C16H13Cl2NO/c1-9-11-5-3-4-6-13(11)19(16(9)20)14-8-7-12(17)10(2)15(14)18/h3-9H,1-2H3. The molecule has 3 rings (SSSR count). The second-order valence-electron chi connectivity index (χ2n) is 4.96. The number of anilines is 2. The van der Waals surface area contributed by atoms with Gasteiger partial charge in [-0.05, 0) is 43.2 Å². The highest BCUT2D eigenvalue weighted by Gasteiger charge is 2.36.